The van der Waals surface area contributed by atoms with Gasteiger partial charge in [0.05, 0.1) is 19.1 Å². The summed E-state index contributed by atoms with van der Waals surface area (Å²) < 4.78 is 31.2. The largest absolute Gasteiger partial charge is 0.496 e. The Morgan fingerprint density at radius 3 is 2.52 bits per heavy atom. The number of rotatable bonds is 8. The number of sulfonamides is 1. The van der Waals surface area contributed by atoms with Crippen LogP contribution in [0.1, 0.15) is 18.1 Å². The first-order valence-electron chi connectivity index (χ1n) is 9.35. The Morgan fingerprint density at radius 2 is 1.90 bits per heavy atom. The molecule has 0 spiro atoms. The molecule has 8 heteroatoms. The fraction of sp³-hybridized carbons (Fsp3) is 0.381. The number of aryl methyl sites for hydroxylation is 1. The second-order valence-electron chi connectivity index (χ2n) is 7.36. The van der Waals surface area contributed by atoms with Gasteiger partial charge >= 0.3 is 0 Å². The number of hydrogen-bond donors (Lipinski definition) is 2. The van der Waals surface area contributed by atoms with E-state index in [4.69, 9.17) is 4.74 Å². The fourth-order valence-electron chi connectivity index (χ4n) is 2.92. The number of amides is 1. The number of carbonyl (C=O) groups excluding carboxylic acids is 1. The number of anilines is 1. The van der Waals surface area contributed by atoms with Crippen molar-refractivity contribution in [3.05, 3.63) is 53.6 Å². The Kier molecular flexibility index (Phi) is 7.40. The first-order chi connectivity index (χ1) is 13.6. The van der Waals surface area contributed by atoms with Crippen LogP contribution in [0.4, 0.5) is 5.69 Å². The van der Waals surface area contributed by atoms with Crippen LogP contribution in [0.2, 0.25) is 0 Å². The van der Waals surface area contributed by atoms with E-state index in [1.165, 1.54) is 26.2 Å². The lowest BCUT2D eigenvalue weighted by atomic mass is 10.1. The van der Waals surface area contributed by atoms with E-state index in [9.17, 15) is 13.2 Å². The molecule has 0 aromatic heterocycles. The van der Waals surface area contributed by atoms with Gasteiger partial charge < -0.3 is 15.0 Å². The molecule has 0 aliphatic heterocycles. The quantitative estimate of drug-likeness (QED) is 0.675. The molecule has 1 unspecified atom stereocenters. The number of ether oxygens (including phenoxy) is 1. The van der Waals surface area contributed by atoms with Gasteiger partial charge in [0.25, 0.3) is 5.91 Å². The minimum atomic E-state index is -3.56. The summed E-state index contributed by atoms with van der Waals surface area (Å²) in [6.07, 6.45) is 0. The fourth-order valence-corrected chi connectivity index (χ4v) is 3.87. The maximum Gasteiger partial charge on any atom is 0.282 e. The highest BCUT2D eigenvalue weighted by Crippen LogP contribution is 2.19. The number of carbonyl (C=O) groups is 1. The van der Waals surface area contributed by atoms with Gasteiger partial charge in [0.15, 0.2) is 6.04 Å². The van der Waals surface area contributed by atoms with Crippen molar-refractivity contribution in [1.82, 2.24) is 4.31 Å². The Balaban J connectivity index is 2.12. The molecular weight excluding hydrogens is 390 g/mol. The molecule has 2 N–H and O–H groups in total. The van der Waals surface area contributed by atoms with Crippen molar-refractivity contribution in [1.29, 1.82) is 0 Å². The van der Waals surface area contributed by atoms with E-state index >= 15 is 0 Å². The van der Waals surface area contributed by atoms with Crippen LogP contribution in [-0.2, 0) is 21.4 Å². The average Bonchev–Trinajstić information content (AvgIpc) is 2.67. The van der Waals surface area contributed by atoms with Gasteiger partial charge in [0.1, 0.15) is 12.3 Å². The minimum absolute atomic E-state index is 0.137. The molecule has 0 saturated carbocycles. The number of quaternary nitrogens is 1. The number of nitrogens with one attached hydrogen (secondary N) is 2. The third-order valence-electron chi connectivity index (χ3n) is 4.92. The van der Waals surface area contributed by atoms with Gasteiger partial charge in [0.2, 0.25) is 10.0 Å². The Labute approximate surface area is 173 Å². The highest BCUT2D eigenvalue weighted by atomic mass is 32.2. The number of hydrogen-bond acceptors (Lipinski definition) is 4. The second kappa shape index (κ2) is 9.39. The molecule has 7 nitrogen and oxygen atoms in total. The smallest absolute Gasteiger partial charge is 0.282 e. The van der Waals surface area contributed by atoms with Crippen LogP contribution in [0.25, 0.3) is 0 Å². The van der Waals surface area contributed by atoms with Crippen molar-refractivity contribution in [3.8, 4) is 5.75 Å². The molecule has 2 aromatic carbocycles. The zero-order valence-corrected chi connectivity index (χ0v) is 18.6. The van der Waals surface area contributed by atoms with Crippen molar-refractivity contribution >= 4 is 21.6 Å². The molecule has 29 heavy (non-hydrogen) atoms. The zero-order chi connectivity index (χ0) is 21.8. The summed E-state index contributed by atoms with van der Waals surface area (Å²) in [4.78, 5) is 13.9. The van der Waals surface area contributed by atoms with E-state index in [2.05, 4.69) is 11.4 Å². The molecule has 0 fully saturated rings. The molecule has 158 valence electrons. The van der Waals surface area contributed by atoms with E-state index in [1.54, 1.807) is 19.2 Å². The lowest BCUT2D eigenvalue weighted by Crippen LogP contribution is -3.12. The van der Waals surface area contributed by atoms with Gasteiger partial charge in [-0.2, -0.15) is 0 Å². The molecule has 2 atom stereocenters. The Bertz CT molecular complexity index is 974. The average molecular weight is 421 g/mol. The van der Waals surface area contributed by atoms with Gasteiger partial charge in [-0.25, -0.2) is 12.7 Å². The van der Waals surface area contributed by atoms with Crippen LogP contribution >= 0.6 is 0 Å². The van der Waals surface area contributed by atoms with E-state index in [0.717, 1.165) is 26.1 Å². The SMILES string of the molecule is COc1ccc(C)cc1C[NH+](C)[C@@H](C)C(=O)Nc1cccc(S(=O)(=O)N(C)C)c1. The molecule has 2 rings (SSSR count). The molecule has 0 saturated heterocycles. The van der Waals surface area contributed by atoms with Crippen LogP contribution in [0.15, 0.2) is 47.4 Å². The molecule has 0 heterocycles. The third-order valence-corrected chi connectivity index (χ3v) is 6.73. The topological polar surface area (TPSA) is 80.1 Å². The van der Waals surface area contributed by atoms with E-state index in [1.807, 2.05) is 33.0 Å². The predicted molar refractivity (Wildman–Crippen MR) is 114 cm³/mol. The predicted octanol–water partition coefficient (Wildman–Crippen LogP) is 1.30. The summed E-state index contributed by atoms with van der Waals surface area (Å²) in [5, 5.41) is 2.83. The molecule has 1 amide bonds. The first-order valence-corrected chi connectivity index (χ1v) is 10.8. The van der Waals surface area contributed by atoms with Crippen LogP contribution < -0.4 is 15.0 Å². The summed E-state index contributed by atoms with van der Waals surface area (Å²) >= 11 is 0. The normalized spacial score (nSPS) is 13.8. The number of likely N-dealkylation sites (N-methyl/N-ethyl adjacent to an activating group) is 1. The third kappa shape index (κ3) is 5.56. The molecule has 2 aromatic rings. The van der Waals surface area contributed by atoms with Crippen LogP contribution in [-0.4, -0.2) is 52.9 Å². The Morgan fingerprint density at radius 1 is 1.21 bits per heavy atom. The highest BCUT2D eigenvalue weighted by molar-refractivity contribution is 7.89. The summed E-state index contributed by atoms with van der Waals surface area (Å²) in [6.45, 7) is 4.48. The molecule has 0 aliphatic carbocycles. The second-order valence-corrected chi connectivity index (χ2v) is 9.52. The van der Waals surface area contributed by atoms with Crippen LogP contribution in [0.3, 0.4) is 0 Å². The lowest BCUT2D eigenvalue weighted by Gasteiger charge is -2.22. The van der Waals surface area contributed by atoms with Crippen molar-refractivity contribution < 1.29 is 22.8 Å². The van der Waals surface area contributed by atoms with Gasteiger partial charge in [-0.1, -0.05) is 17.7 Å². The van der Waals surface area contributed by atoms with Crippen LogP contribution in [0, 0.1) is 6.92 Å². The van der Waals surface area contributed by atoms with Gasteiger partial charge in [0, 0.05) is 25.3 Å². The van der Waals surface area contributed by atoms with E-state index < -0.39 is 10.0 Å². The van der Waals surface area contributed by atoms with Crippen molar-refractivity contribution in [2.45, 2.75) is 31.3 Å². The van der Waals surface area contributed by atoms with Gasteiger partial charge in [-0.3, -0.25) is 4.79 Å². The maximum absolute atomic E-state index is 12.7. The first kappa shape index (κ1) is 22.9. The summed E-state index contributed by atoms with van der Waals surface area (Å²) in [5.74, 6) is 0.609. The Hall–Kier alpha value is -2.42. The van der Waals surface area contributed by atoms with Gasteiger partial charge in [-0.15, -0.1) is 0 Å². The van der Waals surface area contributed by atoms with Crippen molar-refractivity contribution in [2.24, 2.45) is 0 Å². The summed E-state index contributed by atoms with van der Waals surface area (Å²) in [6, 6.07) is 11.9. The lowest BCUT2D eigenvalue weighted by molar-refractivity contribution is -0.907. The molecular formula is C21H30N3O4S+. The molecule has 0 aliphatic rings. The van der Waals surface area contributed by atoms with Gasteiger partial charge in [-0.05, 0) is 44.2 Å². The highest BCUT2D eigenvalue weighted by Gasteiger charge is 2.24. The maximum atomic E-state index is 12.7. The summed E-state index contributed by atoms with van der Waals surface area (Å²) in [5.41, 5.74) is 2.61. The van der Waals surface area contributed by atoms with E-state index in [0.29, 0.717) is 12.2 Å². The number of benzene rings is 2. The minimum Gasteiger partial charge on any atom is -0.496 e. The van der Waals surface area contributed by atoms with Crippen molar-refractivity contribution in [2.75, 3.05) is 33.6 Å². The van der Waals surface area contributed by atoms with E-state index in [-0.39, 0.29) is 16.8 Å². The zero-order valence-electron chi connectivity index (χ0n) is 17.8. The molecule has 0 bridgehead atoms. The number of nitrogens with zero attached hydrogens (tertiary/aromatic N) is 1. The van der Waals surface area contributed by atoms with Crippen LogP contribution in [0.5, 0.6) is 5.75 Å². The standard InChI is InChI=1S/C21H29N3O4S/c1-15-10-11-20(28-6)17(12-15)14-24(5)16(2)21(25)22-18-8-7-9-19(13-18)29(26,27)23(3)4/h7-13,16H,14H2,1-6H3,(H,22,25)/p+1/t16-/m0/s1. The van der Waals surface area contributed by atoms with Crippen molar-refractivity contribution in [3.63, 3.8) is 0 Å². The number of methoxy groups -OCH3 is 1. The molecule has 0 radical (unpaired) electrons. The summed E-state index contributed by atoms with van der Waals surface area (Å²) in [7, 11) is 2.96. The monoisotopic (exact) mass is 420 g/mol.